The summed E-state index contributed by atoms with van der Waals surface area (Å²) in [5.41, 5.74) is 2.92. The first-order valence-electron chi connectivity index (χ1n) is 8.05. The van der Waals surface area contributed by atoms with Gasteiger partial charge in [-0.3, -0.25) is 9.36 Å². The molecule has 0 saturated heterocycles. The molecule has 0 atom stereocenters. The molecule has 3 aromatic rings. The first-order chi connectivity index (χ1) is 12.1. The molecule has 2 aromatic carbocycles. The van der Waals surface area contributed by atoms with Crippen molar-refractivity contribution in [2.75, 3.05) is 5.32 Å². The summed E-state index contributed by atoms with van der Waals surface area (Å²) >= 11 is 5.25. The highest BCUT2D eigenvalue weighted by molar-refractivity contribution is 7.71. The first kappa shape index (κ1) is 17.1. The minimum atomic E-state index is -0.344. The maximum Gasteiger partial charge on any atom is 0.274 e. The number of rotatable bonds is 5. The molecule has 0 aliphatic rings. The summed E-state index contributed by atoms with van der Waals surface area (Å²) in [6.45, 7) is 2.13. The fourth-order valence-corrected chi connectivity index (χ4v) is 2.88. The predicted molar refractivity (Wildman–Crippen MR) is 99.3 cm³/mol. The second-order valence-electron chi connectivity index (χ2n) is 5.69. The van der Waals surface area contributed by atoms with Crippen LogP contribution in [0.3, 0.4) is 0 Å². The lowest BCUT2D eigenvalue weighted by atomic mass is 10.1. The second-order valence-corrected chi connectivity index (χ2v) is 6.08. The molecule has 1 amide bonds. The molecular weight excluding hydrogens is 337 g/mol. The maximum atomic E-state index is 13.1. The zero-order valence-electron chi connectivity index (χ0n) is 13.8. The lowest BCUT2D eigenvalue weighted by Crippen LogP contribution is -2.16. The van der Waals surface area contributed by atoms with Gasteiger partial charge in [-0.25, -0.2) is 4.39 Å². The number of imidazole rings is 1. The summed E-state index contributed by atoms with van der Waals surface area (Å²) in [6, 6.07) is 13.6. The quantitative estimate of drug-likeness (QED) is 0.641. The van der Waals surface area contributed by atoms with Crippen LogP contribution in [0.1, 0.15) is 29.4 Å². The van der Waals surface area contributed by atoms with Gasteiger partial charge in [0.1, 0.15) is 11.5 Å². The van der Waals surface area contributed by atoms with E-state index in [1.54, 1.807) is 22.9 Å². The number of halogens is 1. The Morgan fingerprint density at radius 2 is 1.84 bits per heavy atom. The van der Waals surface area contributed by atoms with Gasteiger partial charge < -0.3 is 10.3 Å². The molecule has 1 aromatic heterocycles. The molecule has 0 fully saturated rings. The van der Waals surface area contributed by atoms with Crippen LogP contribution in [0, 0.1) is 10.6 Å². The van der Waals surface area contributed by atoms with Gasteiger partial charge in [0, 0.05) is 17.6 Å². The average Bonchev–Trinajstić information content (AvgIpc) is 2.99. The Morgan fingerprint density at radius 3 is 2.48 bits per heavy atom. The van der Waals surface area contributed by atoms with Gasteiger partial charge in [-0.2, -0.15) is 0 Å². The summed E-state index contributed by atoms with van der Waals surface area (Å²) in [5, 5.41) is 2.86. The van der Waals surface area contributed by atoms with Crippen molar-refractivity contribution in [3.63, 3.8) is 0 Å². The van der Waals surface area contributed by atoms with Crippen LogP contribution < -0.4 is 5.32 Å². The van der Waals surface area contributed by atoms with Gasteiger partial charge in [0.2, 0.25) is 0 Å². The number of benzene rings is 2. The molecule has 6 heteroatoms. The second kappa shape index (κ2) is 7.44. The van der Waals surface area contributed by atoms with E-state index in [0.717, 1.165) is 12.8 Å². The van der Waals surface area contributed by atoms with Gasteiger partial charge >= 0.3 is 0 Å². The van der Waals surface area contributed by atoms with Gasteiger partial charge in [0.25, 0.3) is 5.91 Å². The van der Waals surface area contributed by atoms with Crippen LogP contribution in [0.2, 0.25) is 0 Å². The number of aromatic amines is 1. The van der Waals surface area contributed by atoms with E-state index in [0.29, 0.717) is 21.8 Å². The van der Waals surface area contributed by atoms with Crippen molar-refractivity contribution in [3.05, 3.63) is 76.6 Å². The summed E-state index contributed by atoms with van der Waals surface area (Å²) < 4.78 is 15.1. The SMILES string of the molecule is CCCc1ccc(NC(=O)c2c[nH]c(=S)n2-c2ccc(F)cc2)cc1. The third-order valence-corrected chi connectivity index (χ3v) is 4.14. The molecule has 4 nitrogen and oxygen atoms in total. The third-order valence-electron chi connectivity index (χ3n) is 3.84. The van der Waals surface area contributed by atoms with Crippen molar-refractivity contribution in [1.82, 2.24) is 9.55 Å². The van der Waals surface area contributed by atoms with E-state index in [1.807, 2.05) is 24.3 Å². The summed E-state index contributed by atoms with van der Waals surface area (Å²) in [4.78, 5) is 15.5. The van der Waals surface area contributed by atoms with Crippen LogP contribution in [-0.4, -0.2) is 15.5 Å². The molecule has 0 radical (unpaired) electrons. The van der Waals surface area contributed by atoms with Crippen molar-refractivity contribution in [3.8, 4) is 5.69 Å². The molecule has 0 aliphatic heterocycles. The molecule has 25 heavy (non-hydrogen) atoms. The van der Waals surface area contributed by atoms with Crippen molar-refractivity contribution < 1.29 is 9.18 Å². The number of aryl methyl sites for hydroxylation is 1. The Balaban J connectivity index is 1.85. The van der Waals surface area contributed by atoms with Crippen molar-refractivity contribution in [2.24, 2.45) is 0 Å². The number of nitrogens with one attached hydrogen (secondary N) is 2. The van der Waals surface area contributed by atoms with E-state index in [1.165, 1.54) is 17.7 Å². The molecule has 0 bridgehead atoms. The molecule has 0 spiro atoms. The zero-order valence-corrected chi connectivity index (χ0v) is 14.6. The van der Waals surface area contributed by atoms with Gasteiger partial charge in [0.15, 0.2) is 4.77 Å². The van der Waals surface area contributed by atoms with Crippen LogP contribution in [0.4, 0.5) is 10.1 Å². The van der Waals surface area contributed by atoms with Gasteiger partial charge in [-0.1, -0.05) is 25.5 Å². The normalized spacial score (nSPS) is 10.6. The smallest absolute Gasteiger partial charge is 0.274 e. The van der Waals surface area contributed by atoms with Gasteiger partial charge in [-0.05, 0) is 60.6 Å². The molecule has 2 N–H and O–H groups in total. The van der Waals surface area contributed by atoms with Crippen LogP contribution in [0.5, 0.6) is 0 Å². The molecule has 0 saturated carbocycles. The third kappa shape index (κ3) is 3.85. The number of anilines is 1. The van der Waals surface area contributed by atoms with Crippen LogP contribution >= 0.6 is 12.2 Å². The molecule has 0 aliphatic carbocycles. The Bertz CT molecular complexity index is 927. The number of H-pyrrole nitrogens is 1. The Morgan fingerprint density at radius 1 is 1.16 bits per heavy atom. The van der Waals surface area contributed by atoms with E-state index in [2.05, 4.69) is 17.2 Å². The number of nitrogens with zero attached hydrogens (tertiary/aromatic N) is 1. The summed E-state index contributed by atoms with van der Waals surface area (Å²) in [6.07, 6.45) is 3.64. The van der Waals surface area contributed by atoms with E-state index in [-0.39, 0.29) is 11.7 Å². The molecule has 128 valence electrons. The van der Waals surface area contributed by atoms with Gasteiger partial charge in [-0.15, -0.1) is 0 Å². The largest absolute Gasteiger partial charge is 0.336 e. The monoisotopic (exact) mass is 355 g/mol. The zero-order chi connectivity index (χ0) is 17.8. The highest BCUT2D eigenvalue weighted by atomic mass is 32.1. The van der Waals surface area contributed by atoms with E-state index in [9.17, 15) is 9.18 Å². The molecule has 0 unspecified atom stereocenters. The number of carbonyl (C=O) groups is 1. The maximum absolute atomic E-state index is 13.1. The fraction of sp³-hybridized carbons (Fsp3) is 0.158. The Hall–Kier alpha value is -2.73. The minimum Gasteiger partial charge on any atom is -0.336 e. The van der Waals surface area contributed by atoms with Crippen molar-refractivity contribution >= 4 is 23.8 Å². The van der Waals surface area contributed by atoms with E-state index in [4.69, 9.17) is 12.2 Å². The first-order valence-corrected chi connectivity index (χ1v) is 8.46. The lowest BCUT2D eigenvalue weighted by Gasteiger charge is -2.10. The Labute approximate surface area is 150 Å². The van der Waals surface area contributed by atoms with E-state index >= 15 is 0 Å². The number of hydrogen-bond acceptors (Lipinski definition) is 2. The number of aromatic nitrogens is 2. The molecule has 1 heterocycles. The van der Waals surface area contributed by atoms with Crippen LogP contribution in [0.15, 0.2) is 54.7 Å². The highest BCUT2D eigenvalue weighted by Crippen LogP contribution is 2.16. The number of amides is 1. The summed E-state index contributed by atoms with van der Waals surface area (Å²) in [7, 11) is 0. The average molecular weight is 355 g/mol. The van der Waals surface area contributed by atoms with Crippen molar-refractivity contribution in [1.29, 1.82) is 0 Å². The minimum absolute atomic E-state index is 0.292. The fourth-order valence-electron chi connectivity index (χ4n) is 2.62. The highest BCUT2D eigenvalue weighted by Gasteiger charge is 2.14. The van der Waals surface area contributed by atoms with E-state index < -0.39 is 0 Å². The lowest BCUT2D eigenvalue weighted by molar-refractivity contribution is 0.102. The molecule has 3 rings (SSSR count). The molecular formula is C19H18FN3OS. The summed E-state index contributed by atoms with van der Waals surface area (Å²) in [5.74, 6) is -0.635. The van der Waals surface area contributed by atoms with Crippen molar-refractivity contribution in [2.45, 2.75) is 19.8 Å². The topological polar surface area (TPSA) is 49.8 Å². The Kier molecular flexibility index (Phi) is 5.09. The van der Waals surface area contributed by atoms with Crippen LogP contribution in [-0.2, 0) is 6.42 Å². The van der Waals surface area contributed by atoms with Crippen LogP contribution in [0.25, 0.3) is 5.69 Å². The standard InChI is InChI=1S/C19H18FN3OS/c1-2-3-13-4-8-15(9-5-13)22-18(24)17-12-21-19(25)23(17)16-10-6-14(20)7-11-16/h4-12H,2-3H2,1H3,(H,21,25)(H,22,24). The van der Waals surface area contributed by atoms with Gasteiger partial charge in [0.05, 0.1) is 0 Å². The number of hydrogen-bond donors (Lipinski definition) is 2. The predicted octanol–water partition coefficient (Wildman–Crippen LogP) is 4.88. The number of carbonyl (C=O) groups excluding carboxylic acids is 1.